The van der Waals surface area contributed by atoms with Gasteiger partial charge in [-0.25, -0.2) is 0 Å². The van der Waals surface area contributed by atoms with Crippen LogP contribution >= 0.6 is 0 Å². The number of hydrogen-bond acceptors (Lipinski definition) is 7. The van der Waals surface area contributed by atoms with Gasteiger partial charge < -0.3 is 28.6 Å². The highest BCUT2D eigenvalue weighted by Gasteiger charge is 2.25. The number of esters is 2. The van der Waals surface area contributed by atoms with E-state index in [0.717, 1.165) is 57.8 Å². The Morgan fingerprint density at radius 1 is 0.608 bits per heavy atom. The Morgan fingerprint density at radius 2 is 1.14 bits per heavy atom. The van der Waals surface area contributed by atoms with E-state index in [1.54, 1.807) is 21.1 Å². The van der Waals surface area contributed by atoms with Gasteiger partial charge >= 0.3 is 11.9 Å². The summed E-state index contributed by atoms with van der Waals surface area (Å²) in [6, 6.07) is -0.730. The molecule has 0 saturated heterocycles. The molecule has 0 aliphatic heterocycles. The van der Waals surface area contributed by atoms with Gasteiger partial charge in [0.05, 0.1) is 40.3 Å². The van der Waals surface area contributed by atoms with E-state index in [4.69, 9.17) is 14.2 Å². The molecule has 2 unspecified atom stereocenters. The Bertz CT molecular complexity index is 979. The third-order valence-electron chi connectivity index (χ3n) is 8.71. The maximum Gasteiger partial charge on any atom is 0.306 e. The molecule has 0 spiro atoms. The third kappa shape index (κ3) is 32.9. The van der Waals surface area contributed by atoms with Gasteiger partial charge in [-0.1, -0.05) is 127 Å². The second-order valence-electron chi connectivity index (χ2n) is 14.5. The van der Waals surface area contributed by atoms with E-state index in [1.165, 1.54) is 57.8 Å². The number of unbranched alkanes of at least 4 members (excludes halogenated alkanes) is 13. The number of carboxylic acid groups (broad SMARTS) is 1. The fourth-order valence-electron chi connectivity index (χ4n) is 5.57. The van der Waals surface area contributed by atoms with Crippen molar-refractivity contribution in [2.24, 2.45) is 0 Å². The fourth-order valence-corrected chi connectivity index (χ4v) is 5.57. The summed E-state index contributed by atoms with van der Waals surface area (Å²) in [7, 11) is 5.38. The number of aliphatic carboxylic acids is 1. The molecule has 0 radical (unpaired) electrons. The first-order valence-corrected chi connectivity index (χ1v) is 20.2. The van der Waals surface area contributed by atoms with E-state index >= 15 is 0 Å². The van der Waals surface area contributed by atoms with Crippen LogP contribution < -0.4 is 5.11 Å². The minimum Gasteiger partial charge on any atom is -0.544 e. The van der Waals surface area contributed by atoms with Crippen LogP contribution in [0.1, 0.15) is 155 Å². The number of allylic oxidation sites excluding steroid dienone is 8. The first-order chi connectivity index (χ1) is 24.6. The van der Waals surface area contributed by atoms with Crippen molar-refractivity contribution in [3.8, 4) is 0 Å². The van der Waals surface area contributed by atoms with Crippen LogP contribution in [-0.2, 0) is 28.6 Å². The molecule has 0 aromatic rings. The molecule has 0 bridgehead atoms. The number of rotatable bonds is 35. The SMILES string of the molecule is CC/C=C/C/C=C/C/C=C/CCCCCCCCCCCC(=O)OC(COCCC(C(=O)[O-])[N+](C)(C)C)COC(=O)CC/C=C/CCCCCC. The molecule has 0 aromatic heterocycles. The largest absolute Gasteiger partial charge is 0.544 e. The summed E-state index contributed by atoms with van der Waals surface area (Å²) < 4.78 is 17.0. The van der Waals surface area contributed by atoms with Crippen LogP contribution in [0.15, 0.2) is 48.6 Å². The quantitative estimate of drug-likeness (QED) is 0.0279. The Hall–Kier alpha value is -2.71. The molecule has 0 aliphatic rings. The first kappa shape index (κ1) is 48.3. The maximum absolute atomic E-state index is 12.7. The normalized spacial score (nSPS) is 13.5. The molecular weight excluding hydrogens is 642 g/mol. The molecule has 0 aromatic carbocycles. The lowest BCUT2D eigenvalue weighted by Crippen LogP contribution is -2.55. The predicted molar refractivity (Wildman–Crippen MR) is 208 cm³/mol. The van der Waals surface area contributed by atoms with Crippen molar-refractivity contribution in [3.05, 3.63) is 48.6 Å². The third-order valence-corrected chi connectivity index (χ3v) is 8.71. The zero-order valence-corrected chi connectivity index (χ0v) is 33.3. The Balaban J connectivity index is 4.33. The number of carbonyl (C=O) groups excluding carboxylic acids is 3. The minimum absolute atomic E-state index is 0.0262. The van der Waals surface area contributed by atoms with Gasteiger partial charge in [0.25, 0.3) is 0 Å². The van der Waals surface area contributed by atoms with Gasteiger partial charge in [-0.2, -0.15) is 0 Å². The van der Waals surface area contributed by atoms with Crippen molar-refractivity contribution in [3.63, 3.8) is 0 Å². The average Bonchev–Trinajstić information content (AvgIpc) is 3.08. The summed E-state index contributed by atoms with van der Waals surface area (Å²) in [5, 5.41) is 11.6. The smallest absolute Gasteiger partial charge is 0.306 e. The van der Waals surface area contributed by atoms with E-state index in [-0.39, 0.29) is 49.1 Å². The lowest BCUT2D eigenvalue weighted by molar-refractivity contribution is -0.889. The summed E-state index contributed by atoms with van der Waals surface area (Å²) >= 11 is 0. The van der Waals surface area contributed by atoms with Crippen molar-refractivity contribution in [1.29, 1.82) is 0 Å². The summed E-state index contributed by atoms with van der Waals surface area (Å²) in [4.78, 5) is 36.6. The Kier molecular flexibility index (Phi) is 32.6. The number of nitrogens with zero attached hydrogens (tertiary/aromatic N) is 1. The zero-order chi connectivity index (χ0) is 37.8. The molecule has 0 N–H and O–H groups in total. The van der Waals surface area contributed by atoms with E-state index < -0.39 is 18.1 Å². The van der Waals surface area contributed by atoms with Gasteiger partial charge in [-0.3, -0.25) is 9.59 Å². The van der Waals surface area contributed by atoms with Crippen molar-refractivity contribution in [2.45, 2.75) is 167 Å². The summed E-state index contributed by atoms with van der Waals surface area (Å²) in [6.45, 7) is 4.44. The van der Waals surface area contributed by atoms with Crippen LogP contribution in [0, 0.1) is 0 Å². The summed E-state index contributed by atoms with van der Waals surface area (Å²) in [6.07, 6.45) is 38.7. The van der Waals surface area contributed by atoms with Crippen molar-refractivity contribution >= 4 is 17.9 Å². The predicted octanol–water partition coefficient (Wildman–Crippen LogP) is 9.13. The highest BCUT2D eigenvalue weighted by molar-refractivity contribution is 5.70. The molecule has 2 atom stereocenters. The van der Waals surface area contributed by atoms with Crippen LogP contribution in [0.5, 0.6) is 0 Å². The molecule has 8 nitrogen and oxygen atoms in total. The molecular formula is C43H75NO7. The van der Waals surface area contributed by atoms with Gasteiger partial charge in [0, 0.05) is 19.3 Å². The van der Waals surface area contributed by atoms with Crippen molar-refractivity contribution in [2.75, 3.05) is 41.0 Å². The number of hydrogen-bond donors (Lipinski definition) is 0. The zero-order valence-electron chi connectivity index (χ0n) is 33.3. The van der Waals surface area contributed by atoms with Crippen molar-refractivity contribution in [1.82, 2.24) is 0 Å². The van der Waals surface area contributed by atoms with E-state index in [2.05, 4.69) is 56.4 Å². The topological polar surface area (TPSA) is 102 Å². The lowest BCUT2D eigenvalue weighted by atomic mass is 10.1. The number of likely N-dealkylation sites (N-methyl/N-ethyl adjacent to an activating group) is 1. The van der Waals surface area contributed by atoms with Crippen LogP contribution in [0.25, 0.3) is 0 Å². The van der Waals surface area contributed by atoms with E-state index in [9.17, 15) is 19.5 Å². The van der Waals surface area contributed by atoms with Gasteiger partial charge in [0.1, 0.15) is 12.6 Å². The van der Waals surface area contributed by atoms with Crippen molar-refractivity contribution < 1.29 is 38.2 Å². The summed E-state index contributed by atoms with van der Waals surface area (Å²) in [5.74, 6) is -1.81. The molecule has 0 amide bonds. The molecule has 294 valence electrons. The van der Waals surface area contributed by atoms with Crippen LogP contribution in [-0.4, -0.2) is 75.5 Å². The van der Waals surface area contributed by atoms with Crippen LogP contribution in [0.4, 0.5) is 0 Å². The standard InChI is InChI=1S/C43H75NO7/c1-6-8-10-12-14-16-17-18-19-20-21-22-23-24-25-26-28-30-32-34-42(46)51-39(37-49-36-35-40(43(47)48)44(3,4)5)38-50-41(45)33-31-29-27-15-13-11-9-7-2/h8,10,14,16,18-19,27,29,39-40H,6-7,9,11-13,15,17,20-26,28,30-38H2,1-5H3/b10-8+,16-14+,19-18+,29-27+. The lowest BCUT2D eigenvalue weighted by Gasteiger charge is -2.34. The highest BCUT2D eigenvalue weighted by Crippen LogP contribution is 2.13. The maximum atomic E-state index is 12.7. The van der Waals surface area contributed by atoms with Gasteiger partial charge in [-0.15, -0.1) is 0 Å². The fraction of sp³-hybridized carbons (Fsp3) is 0.744. The van der Waals surface area contributed by atoms with Gasteiger partial charge in [0.15, 0.2) is 6.10 Å². The molecule has 0 heterocycles. The molecule has 0 fully saturated rings. The summed E-state index contributed by atoms with van der Waals surface area (Å²) in [5.41, 5.74) is 0. The Morgan fingerprint density at radius 3 is 1.73 bits per heavy atom. The van der Waals surface area contributed by atoms with E-state index in [1.807, 2.05) is 6.08 Å². The molecule has 0 aliphatic carbocycles. The monoisotopic (exact) mass is 718 g/mol. The molecule has 51 heavy (non-hydrogen) atoms. The second kappa shape index (κ2) is 34.4. The minimum atomic E-state index is -1.13. The number of quaternary nitrogens is 1. The van der Waals surface area contributed by atoms with Gasteiger partial charge in [-0.05, 0) is 57.8 Å². The number of ether oxygens (including phenoxy) is 3. The molecule has 8 heteroatoms. The van der Waals surface area contributed by atoms with E-state index in [0.29, 0.717) is 12.8 Å². The average molecular weight is 718 g/mol. The number of carbonyl (C=O) groups is 3. The first-order valence-electron chi connectivity index (χ1n) is 20.2. The molecule has 0 rings (SSSR count). The highest BCUT2D eigenvalue weighted by atomic mass is 16.6. The molecule has 0 saturated carbocycles. The Labute approximate surface area is 312 Å². The second-order valence-corrected chi connectivity index (χ2v) is 14.5. The van der Waals surface area contributed by atoms with Crippen LogP contribution in [0.3, 0.4) is 0 Å². The van der Waals surface area contributed by atoms with Crippen LogP contribution in [0.2, 0.25) is 0 Å². The van der Waals surface area contributed by atoms with Gasteiger partial charge in [0.2, 0.25) is 0 Å². The number of carboxylic acids is 1.